The Balaban J connectivity index is 3.12. The van der Waals surface area contributed by atoms with Gasteiger partial charge in [0.1, 0.15) is 5.82 Å². The summed E-state index contributed by atoms with van der Waals surface area (Å²) < 4.78 is 1.97. The van der Waals surface area contributed by atoms with Crippen LogP contribution in [-0.2, 0) is 0 Å². The largest absolute Gasteiger partial charge is 0.246 e. The van der Waals surface area contributed by atoms with Crippen molar-refractivity contribution < 1.29 is 0 Å². The van der Waals surface area contributed by atoms with Gasteiger partial charge in [0.25, 0.3) is 0 Å². The Labute approximate surface area is 91.3 Å². The molecular formula is C10H19N3S. The first-order valence-electron chi connectivity index (χ1n) is 5.07. The van der Waals surface area contributed by atoms with Gasteiger partial charge in [0.2, 0.25) is 0 Å². The zero-order valence-corrected chi connectivity index (χ0v) is 10.4. The number of rotatable bonds is 3. The zero-order valence-electron chi connectivity index (χ0n) is 9.52. The first-order valence-corrected chi connectivity index (χ1v) is 5.59. The molecule has 1 aromatic rings. The van der Waals surface area contributed by atoms with Crippen molar-refractivity contribution >= 4 is 12.6 Å². The Hall–Kier alpha value is -0.510. The standard InChI is InChI=1S/C10H19N3S/c1-6(2)9-11-10(8(5)14)13(12-9)7(3)4/h6-8,14H,1-5H3. The second-order valence-electron chi connectivity index (χ2n) is 4.20. The summed E-state index contributed by atoms with van der Waals surface area (Å²) in [5, 5.41) is 4.62. The van der Waals surface area contributed by atoms with Crippen LogP contribution in [0, 0.1) is 0 Å². The first-order chi connectivity index (χ1) is 6.43. The molecule has 0 saturated carbocycles. The SMILES string of the molecule is CC(C)c1nc(C(C)S)n(C(C)C)n1. The fraction of sp³-hybridized carbons (Fsp3) is 0.800. The van der Waals surface area contributed by atoms with Gasteiger partial charge in [-0.1, -0.05) is 13.8 Å². The zero-order chi connectivity index (χ0) is 10.9. The summed E-state index contributed by atoms with van der Waals surface area (Å²) in [6, 6.07) is 0.347. The maximum atomic E-state index is 4.51. The maximum absolute atomic E-state index is 4.51. The third-order valence-corrected chi connectivity index (χ3v) is 2.28. The summed E-state index contributed by atoms with van der Waals surface area (Å²) in [5.74, 6) is 2.25. The average Bonchev–Trinajstić information content (AvgIpc) is 2.47. The summed E-state index contributed by atoms with van der Waals surface area (Å²) in [7, 11) is 0. The third-order valence-electron chi connectivity index (χ3n) is 2.05. The maximum Gasteiger partial charge on any atom is 0.153 e. The Morgan fingerprint density at radius 2 is 1.71 bits per heavy atom. The Bertz CT molecular complexity index is 277. The molecule has 0 fully saturated rings. The van der Waals surface area contributed by atoms with E-state index in [1.54, 1.807) is 0 Å². The highest BCUT2D eigenvalue weighted by atomic mass is 32.1. The van der Waals surface area contributed by atoms with Crippen LogP contribution in [0.25, 0.3) is 0 Å². The smallest absolute Gasteiger partial charge is 0.153 e. The van der Waals surface area contributed by atoms with Crippen LogP contribution in [0.5, 0.6) is 0 Å². The van der Waals surface area contributed by atoms with Gasteiger partial charge < -0.3 is 0 Å². The van der Waals surface area contributed by atoms with Crippen molar-refractivity contribution in [3.8, 4) is 0 Å². The Morgan fingerprint density at radius 1 is 1.14 bits per heavy atom. The molecule has 4 heteroatoms. The normalized spacial score (nSPS) is 14.0. The lowest BCUT2D eigenvalue weighted by Crippen LogP contribution is -2.08. The molecule has 0 aromatic carbocycles. The van der Waals surface area contributed by atoms with Crippen molar-refractivity contribution in [2.75, 3.05) is 0 Å². The molecule has 0 bridgehead atoms. The van der Waals surface area contributed by atoms with E-state index >= 15 is 0 Å². The van der Waals surface area contributed by atoms with Gasteiger partial charge in [-0.15, -0.1) is 0 Å². The van der Waals surface area contributed by atoms with Gasteiger partial charge in [-0.3, -0.25) is 0 Å². The van der Waals surface area contributed by atoms with Gasteiger partial charge in [0.05, 0.1) is 5.25 Å². The minimum Gasteiger partial charge on any atom is -0.246 e. The molecule has 0 aliphatic rings. The van der Waals surface area contributed by atoms with Crippen LogP contribution in [0.2, 0.25) is 0 Å². The highest BCUT2D eigenvalue weighted by Gasteiger charge is 2.16. The number of nitrogens with zero attached hydrogens (tertiary/aromatic N) is 3. The summed E-state index contributed by atoms with van der Waals surface area (Å²) in [6.45, 7) is 10.5. The van der Waals surface area contributed by atoms with E-state index in [9.17, 15) is 0 Å². The van der Waals surface area contributed by atoms with E-state index in [0.29, 0.717) is 12.0 Å². The molecule has 0 saturated heterocycles. The topological polar surface area (TPSA) is 30.7 Å². The van der Waals surface area contributed by atoms with Crippen LogP contribution in [-0.4, -0.2) is 14.8 Å². The van der Waals surface area contributed by atoms with Gasteiger partial charge in [0, 0.05) is 12.0 Å². The minimum absolute atomic E-state index is 0.136. The average molecular weight is 213 g/mol. The molecule has 0 aliphatic heterocycles. The van der Waals surface area contributed by atoms with Gasteiger partial charge in [-0.05, 0) is 20.8 Å². The van der Waals surface area contributed by atoms with Gasteiger partial charge in [-0.2, -0.15) is 17.7 Å². The van der Waals surface area contributed by atoms with E-state index in [0.717, 1.165) is 11.6 Å². The summed E-state index contributed by atoms with van der Waals surface area (Å²) in [5.41, 5.74) is 0. The predicted octanol–water partition coefficient (Wildman–Crippen LogP) is 2.97. The molecule has 3 nitrogen and oxygen atoms in total. The van der Waals surface area contributed by atoms with Crippen molar-refractivity contribution in [1.29, 1.82) is 0 Å². The van der Waals surface area contributed by atoms with E-state index in [1.807, 2.05) is 11.6 Å². The first kappa shape index (κ1) is 11.6. The van der Waals surface area contributed by atoms with Crippen molar-refractivity contribution in [2.45, 2.75) is 51.8 Å². The molecule has 0 spiro atoms. The third kappa shape index (κ3) is 2.29. The molecule has 1 heterocycles. The number of hydrogen-bond acceptors (Lipinski definition) is 3. The molecule has 0 amide bonds. The summed E-state index contributed by atoms with van der Waals surface area (Å²) >= 11 is 4.41. The van der Waals surface area contributed by atoms with Crippen LogP contribution >= 0.6 is 12.6 Å². The quantitative estimate of drug-likeness (QED) is 0.782. The molecule has 1 aromatic heterocycles. The lowest BCUT2D eigenvalue weighted by atomic mass is 10.2. The number of aromatic nitrogens is 3. The van der Waals surface area contributed by atoms with Gasteiger partial charge in [0.15, 0.2) is 5.82 Å². The summed E-state index contributed by atoms with van der Waals surface area (Å²) in [4.78, 5) is 4.51. The Kier molecular flexibility index (Phi) is 3.59. The summed E-state index contributed by atoms with van der Waals surface area (Å²) in [6.07, 6.45) is 0. The van der Waals surface area contributed by atoms with Crippen LogP contribution in [0.15, 0.2) is 0 Å². The number of thiol groups is 1. The molecule has 1 unspecified atom stereocenters. The predicted molar refractivity (Wildman–Crippen MR) is 61.9 cm³/mol. The van der Waals surface area contributed by atoms with Crippen molar-refractivity contribution in [1.82, 2.24) is 14.8 Å². The van der Waals surface area contributed by atoms with Crippen LogP contribution in [0.4, 0.5) is 0 Å². The van der Waals surface area contributed by atoms with Crippen molar-refractivity contribution in [3.63, 3.8) is 0 Å². The molecule has 1 rings (SSSR count). The van der Waals surface area contributed by atoms with E-state index in [2.05, 4.69) is 50.4 Å². The second-order valence-corrected chi connectivity index (χ2v) is 4.97. The van der Waals surface area contributed by atoms with Crippen molar-refractivity contribution in [3.05, 3.63) is 11.6 Å². The minimum atomic E-state index is 0.136. The monoisotopic (exact) mass is 213 g/mol. The fourth-order valence-electron chi connectivity index (χ4n) is 1.26. The van der Waals surface area contributed by atoms with Crippen molar-refractivity contribution in [2.24, 2.45) is 0 Å². The van der Waals surface area contributed by atoms with Crippen LogP contribution in [0.1, 0.15) is 63.5 Å². The molecule has 14 heavy (non-hydrogen) atoms. The Morgan fingerprint density at radius 3 is 2.00 bits per heavy atom. The van der Waals surface area contributed by atoms with Crippen LogP contribution in [0.3, 0.4) is 0 Å². The fourth-order valence-corrected chi connectivity index (χ4v) is 1.44. The van der Waals surface area contributed by atoms with E-state index in [1.165, 1.54) is 0 Å². The van der Waals surface area contributed by atoms with E-state index < -0.39 is 0 Å². The van der Waals surface area contributed by atoms with E-state index in [4.69, 9.17) is 0 Å². The molecule has 80 valence electrons. The highest BCUT2D eigenvalue weighted by molar-refractivity contribution is 7.80. The molecule has 0 radical (unpaired) electrons. The molecular weight excluding hydrogens is 194 g/mol. The van der Waals surface area contributed by atoms with Crippen LogP contribution < -0.4 is 0 Å². The van der Waals surface area contributed by atoms with Gasteiger partial charge >= 0.3 is 0 Å². The molecule has 0 N–H and O–H groups in total. The number of hydrogen-bond donors (Lipinski definition) is 1. The lowest BCUT2D eigenvalue weighted by Gasteiger charge is -2.10. The van der Waals surface area contributed by atoms with E-state index in [-0.39, 0.29) is 5.25 Å². The highest BCUT2D eigenvalue weighted by Crippen LogP contribution is 2.22. The second kappa shape index (κ2) is 4.34. The van der Waals surface area contributed by atoms with Gasteiger partial charge in [-0.25, -0.2) is 9.67 Å². The molecule has 0 aliphatic carbocycles. The lowest BCUT2D eigenvalue weighted by molar-refractivity contribution is 0.501. The molecule has 1 atom stereocenters.